The zero-order valence-electron chi connectivity index (χ0n) is 15.8. The minimum atomic E-state index is -1.24. The second-order valence-electron chi connectivity index (χ2n) is 8.85. The number of hydrogen-bond donors (Lipinski definition) is 2. The number of cyclic esters (lactones) is 1. The molecule has 2 heterocycles. The SMILES string of the molecule is C[C@@H]1C[C@H](O)[C@]23COC(=O)[C@]1(C[C@@](C)(O)c1ccoc1)[C@H]2CCC/C3=C\Cl. The van der Waals surface area contributed by atoms with E-state index in [-0.39, 0.29) is 30.8 Å². The third-order valence-corrected chi connectivity index (χ3v) is 7.83. The molecule has 148 valence electrons. The van der Waals surface area contributed by atoms with E-state index in [4.69, 9.17) is 20.8 Å². The van der Waals surface area contributed by atoms with Crippen LogP contribution < -0.4 is 0 Å². The Morgan fingerprint density at radius 3 is 2.93 bits per heavy atom. The van der Waals surface area contributed by atoms with E-state index in [1.165, 1.54) is 12.5 Å². The molecule has 2 aliphatic carbocycles. The lowest BCUT2D eigenvalue weighted by Crippen LogP contribution is -2.68. The fourth-order valence-corrected chi connectivity index (χ4v) is 6.51. The van der Waals surface area contributed by atoms with Crippen molar-refractivity contribution in [3.8, 4) is 0 Å². The third kappa shape index (κ3) is 2.48. The van der Waals surface area contributed by atoms with E-state index in [1.807, 2.05) is 6.92 Å². The first-order chi connectivity index (χ1) is 12.8. The van der Waals surface area contributed by atoms with Gasteiger partial charge in [0.15, 0.2) is 0 Å². The van der Waals surface area contributed by atoms with Crippen LogP contribution in [0.2, 0.25) is 0 Å². The zero-order valence-corrected chi connectivity index (χ0v) is 16.5. The highest BCUT2D eigenvalue weighted by Gasteiger charge is 2.70. The van der Waals surface area contributed by atoms with Crippen molar-refractivity contribution in [1.29, 1.82) is 0 Å². The van der Waals surface area contributed by atoms with Crippen molar-refractivity contribution in [3.63, 3.8) is 0 Å². The molecular weight excluding hydrogens is 368 g/mol. The molecule has 2 saturated carbocycles. The Hall–Kier alpha value is -1.30. The summed E-state index contributed by atoms with van der Waals surface area (Å²) >= 11 is 6.16. The van der Waals surface area contributed by atoms with Gasteiger partial charge in [0, 0.05) is 11.1 Å². The summed E-state index contributed by atoms with van der Waals surface area (Å²) in [7, 11) is 0. The highest BCUT2D eigenvalue weighted by molar-refractivity contribution is 6.25. The molecule has 5 nitrogen and oxygen atoms in total. The molecule has 1 aliphatic heterocycles. The molecule has 0 unspecified atom stereocenters. The molecule has 0 spiro atoms. The first kappa shape index (κ1) is 19.0. The van der Waals surface area contributed by atoms with Crippen LogP contribution in [0.5, 0.6) is 0 Å². The summed E-state index contributed by atoms with van der Waals surface area (Å²) in [6.07, 6.45) is 5.67. The molecule has 4 rings (SSSR count). The van der Waals surface area contributed by atoms with Gasteiger partial charge in [-0.3, -0.25) is 4.79 Å². The Bertz CT molecular complexity index is 755. The van der Waals surface area contributed by atoms with Gasteiger partial charge >= 0.3 is 5.97 Å². The van der Waals surface area contributed by atoms with E-state index in [0.29, 0.717) is 12.0 Å². The van der Waals surface area contributed by atoms with Crippen LogP contribution in [0.3, 0.4) is 0 Å². The number of aliphatic hydroxyl groups is 2. The fraction of sp³-hybridized carbons (Fsp3) is 0.667. The highest BCUT2D eigenvalue weighted by Crippen LogP contribution is 2.67. The Morgan fingerprint density at radius 1 is 1.48 bits per heavy atom. The molecule has 3 aliphatic rings. The molecule has 1 saturated heterocycles. The van der Waals surface area contributed by atoms with Crippen LogP contribution >= 0.6 is 11.6 Å². The topological polar surface area (TPSA) is 79.9 Å². The molecule has 6 heteroatoms. The molecule has 0 aromatic carbocycles. The largest absolute Gasteiger partial charge is 0.472 e. The summed E-state index contributed by atoms with van der Waals surface area (Å²) in [5.41, 5.74) is 0.427. The van der Waals surface area contributed by atoms with Crippen LogP contribution in [0.25, 0.3) is 0 Å². The smallest absolute Gasteiger partial charge is 0.312 e. The third-order valence-electron chi connectivity index (χ3n) is 7.56. The molecule has 27 heavy (non-hydrogen) atoms. The minimum Gasteiger partial charge on any atom is -0.472 e. The van der Waals surface area contributed by atoms with Crippen LogP contribution in [0.1, 0.15) is 51.5 Å². The van der Waals surface area contributed by atoms with Crippen molar-refractivity contribution in [2.24, 2.45) is 22.7 Å². The summed E-state index contributed by atoms with van der Waals surface area (Å²) < 4.78 is 10.9. The Balaban J connectivity index is 1.85. The maximum Gasteiger partial charge on any atom is 0.312 e. The van der Waals surface area contributed by atoms with Crippen molar-refractivity contribution >= 4 is 17.6 Å². The maximum atomic E-state index is 13.2. The second-order valence-corrected chi connectivity index (χ2v) is 9.07. The van der Waals surface area contributed by atoms with Gasteiger partial charge in [-0.1, -0.05) is 18.5 Å². The van der Waals surface area contributed by atoms with Crippen LogP contribution in [0.4, 0.5) is 0 Å². The molecule has 1 aromatic heterocycles. The van der Waals surface area contributed by atoms with Crippen molar-refractivity contribution in [2.75, 3.05) is 6.61 Å². The average Bonchev–Trinajstić information content (AvgIpc) is 3.18. The first-order valence-electron chi connectivity index (χ1n) is 9.69. The van der Waals surface area contributed by atoms with E-state index < -0.39 is 22.5 Å². The number of aliphatic hydroxyl groups excluding tert-OH is 1. The number of furan rings is 1. The van der Waals surface area contributed by atoms with Gasteiger partial charge in [0.2, 0.25) is 0 Å². The first-order valence-corrected chi connectivity index (χ1v) is 10.1. The molecule has 6 atom stereocenters. The monoisotopic (exact) mass is 394 g/mol. The van der Waals surface area contributed by atoms with Crippen LogP contribution in [0.15, 0.2) is 34.1 Å². The zero-order chi connectivity index (χ0) is 19.4. The minimum absolute atomic E-state index is 0.109. The van der Waals surface area contributed by atoms with Gasteiger partial charge in [-0.05, 0) is 62.5 Å². The van der Waals surface area contributed by atoms with Gasteiger partial charge in [0.1, 0.15) is 6.61 Å². The van der Waals surface area contributed by atoms with E-state index in [1.54, 1.807) is 18.5 Å². The van der Waals surface area contributed by atoms with Gasteiger partial charge in [-0.2, -0.15) is 0 Å². The van der Waals surface area contributed by atoms with Gasteiger partial charge < -0.3 is 19.4 Å². The number of esters is 1. The maximum absolute atomic E-state index is 13.2. The Labute approximate surface area is 164 Å². The van der Waals surface area contributed by atoms with Crippen LogP contribution in [-0.4, -0.2) is 28.9 Å². The Kier molecular flexibility index (Phi) is 4.48. The number of halogens is 1. The van der Waals surface area contributed by atoms with E-state index in [9.17, 15) is 15.0 Å². The van der Waals surface area contributed by atoms with E-state index in [2.05, 4.69) is 0 Å². The predicted molar refractivity (Wildman–Crippen MR) is 99.8 cm³/mol. The van der Waals surface area contributed by atoms with Crippen molar-refractivity contribution < 1.29 is 24.2 Å². The Morgan fingerprint density at radius 2 is 2.26 bits per heavy atom. The molecular formula is C21H27ClO5. The summed E-state index contributed by atoms with van der Waals surface area (Å²) in [5, 5.41) is 22.4. The number of ether oxygens (including phenoxy) is 1. The lowest BCUT2D eigenvalue weighted by molar-refractivity contribution is -0.237. The number of carbonyl (C=O) groups excluding carboxylic acids is 1. The summed E-state index contributed by atoms with van der Waals surface area (Å²) in [4.78, 5) is 13.2. The van der Waals surface area contributed by atoms with Gasteiger partial charge in [0.05, 0.1) is 35.1 Å². The highest BCUT2D eigenvalue weighted by atomic mass is 35.5. The normalized spacial score (nSPS) is 42.3. The lowest BCUT2D eigenvalue weighted by Gasteiger charge is -2.64. The number of hydrogen-bond acceptors (Lipinski definition) is 5. The van der Waals surface area contributed by atoms with Crippen molar-refractivity contribution in [2.45, 2.75) is 57.7 Å². The predicted octanol–water partition coefficient (Wildman–Crippen LogP) is 3.73. The number of rotatable bonds is 3. The van der Waals surface area contributed by atoms with Gasteiger partial charge in [0.25, 0.3) is 0 Å². The average molecular weight is 395 g/mol. The van der Waals surface area contributed by atoms with Gasteiger partial charge in [-0.15, -0.1) is 0 Å². The van der Waals surface area contributed by atoms with Crippen LogP contribution in [-0.2, 0) is 15.1 Å². The summed E-state index contributed by atoms with van der Waals surface area (Å²) in [6.45, 7) is 3.87. The number of carbonyl (C=O) groups is 1. The van der Waals surface area contributed by atoms with Crippen LogP contribution in [0, 0.1) is 22.7 Å². The standard InChI is InChI=1S/C21H27ClO5/c1-13-8-17(23)21-12-27-18(24)20(13,16(21)5-3-4-14(21)9-22)11-19(2,25)15-6-7-26-10-15/h6-7,9-10,13,16-17,23,25H,3-5,8,11-12H2,1-2H3/b14-9+/t13-,16-,17+,19-,20+,21+/m1/s1. The van der Waals surface area contributed by atoms with E-state index >= 15 is 0 Å². The molecule has 1 aromatic rings. The quantitative estimate of drug-likeness (QED) is 0.763. The summed E-state index contributed by atoms with van der Waals surface area (Å²) in [5.74, 6) is -0.490. The molecule has 3 fully saturated rings. The lowest BCUT2D eigenvalue weighted by atomic mass is 9.42. The molecule has 2 N–H and O–H groups in total. The van der Waals surface area contributed by atoms with Crippen molar-refractivity contribution in [1.82, 2.24) is 0 Å². The van der Waals surface area contributed by atoms with Gasteiger partial charge in [-0.25, -0.2) is 0 Å². The van der Waals surface area contributed by atoms with Crippen molar-refractivity contribution in [3.05, 3.63) is 35.3 Å². The molecule has 0 radical (unpaired) electrons. The van der Waals surface area contributed by atoms with E-state index in [0.717, 1.165) is 24.8 Å². The molecule has 2 bridgehead atoms. The second kappa shape index (κ2) is 6.36. The fourth-order valence-electron chi connectivity index (χ4n) is 6.19. The molecule has 0 amide bonds. The summed E-state index contributed by atoms with van der Waals surface area (Å²) in [6, 6.07) is 1.73.